The lowest BCUT2D eigenvalue weighted by atomic mass is 10.1. The number of alkyl halides is 2. The third-order valence-corrected chi connectivity index (χ3v) is 2.13. The van der Waals surface area contributed by atoms with E-state index >= 15 is 0 Å². The van der Waals surface area contributed by atoms with Gasteiger partial charge in [-0.05, 0) is 18.6 Å². The molecule has 0 aliphatic carbocycles. The summed E-state index contributed by atoms with van der Waals surface area (Å²) in [6.07, 6.45) is -2.62. The van der Waals surface area contributed by atoms with Gasteiger partial charge in [0.25, 0.3) is 6.43 Å². The minimum Gasteiger partial charge on any atom is -0.486 e. The number of nitrogen functional groups attached to an aromatic ring is 1. The zero-order valence-electron chi connectivity index (χ0n) is 9.50. The molecule has 0 unspecified atom stereocenters. The van der Waals surface area contributed by atoms with Crippen molar-refractivity contribution in [2.75, 3.05) is 19.5 Å². The molecule has 6 heteroatoms. The molecule has 2 N–H and O–H groups in total. The van der Waals surface area contributed by atoms with Crippen molar-refractivity contribution in [2.45, 2.75) is 13.3 Å². The Labute approximate surface area is 97.3 Å². The summed E-state index contributed by atoms with van der Waals surface area (Å²) in [7, 11) is 1.18. The normalized spacial score (nSPS) is 10.4. The molecule has 17 heavy (non-hydrogen) atoms. The second-order valence-electron chi connectivity index (χ2n) is 3.37. The van der Waals surface area contributed by atoms with E-state index in [-0.39, 0.29) is 17.0 Å². The first kappa shape index (κ1) is 13.2. The van der Waals surface area contributed by atoms with Crippen molar-refractivity contribution < 1.29 is 23.0 Å². The summed E-state index contributed by atoms with van der Waals surface area (Å²) in [5, 5.41) is 0. The number of hydrogen-bond acceptors (Lipinski definition) is 4. The quantitative estimate of drug-likeness (QED) is 0.651. The molecule has 0 amide bonds. The summed E-state index contributed by atoms with van der Waals surface area (Å²) in [5.41, 5.74) is 6.26. The lowest BCUT2D eigenvalue weighted by Crippen LogP contribution is -2.14. The SMILES string of the molecule is COC(=O)c1c(N)ccc(C)c1OCC(F)F. The van der Waals surface area contributed by atoms with Gasteiger partial charge < -0.3 is 15.2 Å². The molecule has 0 aliphatic rings. The van der Waals surface area contributed by atoms with Gasteiger partial charge in [-0.2, -0.15) is 0 Å². The maximum Gasteiger partial charge on any atom is 0.343 e. The molecule has 0 spiro atoms. The third-order valence-electron chi connectivity index (χ3n) is 2.13. The number of carbonyl (C=O) groups is 1. The van der Waals surface area contributed by atoms with Crippen LogP contribution in [0.1, 0.15) is 15.9 Å². The van der Waals surface area contributed by atoms with Crippen molar-refractivity contribution in [1.29, 1.82) is 0 Å². The van der Waals surface area contributed by atoms with E-state index in [1.165, 1.54) is 13.2 Å². The van der Waals surface area contributed by atoms with Crippen LogP contribution in [-0.4, -0.2) is 26.1 Å². The Morgan fingerprint density at radius 1 is 1.47 bits per heavy atom. The Kier molecular flexibility index (Phi) is 4.25. The van der Waals surface area contributed by atoms with E-state index in [0.29, 0.717) is 5.56 Å². The molecule has 0 aliphatic heterocycles. The molecule has 0 aromatic heterocycles. The number of ether oxygens (including phenoxy) is 2. The van der Waals surface area contributed by atoms with Gasteiger partial charge in [-0.3, -0.25) is 0 Å². The summed E-state index contributed by atoms with van der Waals surface area (Å²) >= 11 is 0. The second kappa shape index (κ2) is 5.47. The van der Waals surface area contributed by atoms with Crippen LogP contribution in [0, 0.1) is 6.92 Å². The number of anilines is 1. The van der Waals surface area contributed by atoms with Crippen LogP contribution in [0.15, 0.2) is 12.1 Å². The minimum atomic E-state index is -2.62. The number of carbonyl (C=O) groups excluding carboxylic acids is 1. The second-order valence-corrected chi connectivity index (χ2v) is 3.37. The van der Waals surface area contributed by atoms with E-state index in [4.69, 9.17) is 10.5 Å². The molecule has 0 saturated carbocycles. The first-order valence-electron chi connectivity index (χ1n) is 4.85. The number of nitrogens with two attached hydrogens (primary N) is 1. The molecule has 1 aromatic carbocycles. The van der Waals surface area contributed by atoms with Gasteiger partial charge >= 0.3 is 5.97 Å². The van der Waals surface area contributed by atoms with Crippen LogP contribution < -0.4 is 10.5 Å². The Bertz CT molecular complexity index is 421. The zero-order chi connectivity index (χ0) is 13.0. The molecule has 4 nitrogen and oxygen atoms in total. The number of halogens is 2. The first-order chi connectivity index (χ1) is 7.97. The van der Waals surface area contributed by atoms with Crippen molar-refractivity contribution in [1.82, 2.24) is 0 Å². The molecule has 0 fully saturated rings. The lowest BCUT2D eigenvalue weighted by molar-refractivity contribution is 0.0579. The van der Waals surface area contributed by atoms with E-state index in [2.05, 4.69) is 4.74 Å². The number of hydrogen-bond donors (Lipinski definition) is 1. The fourth-order valence-corrected chi connectivity index (χ4v) is 1.35. The highest BCUT2D eigenvalue weighted by atomic mass is 19.3. The Balaban J connectivity index is 3.15. The summed E-state index contributed by atoms with van der Waals surface area (Å²) in [6.45, 7) is 0.834. The van der Waals surface area contributed by atoms with Gasteiger partial charge in [0.1, 0.15) is 17.9 Å². The van der Waals surface area contributed by atoms with Crippen LogP contribution in [0.3, 0.4) is 0 Å². The highest BCUT2D eigenvalue weighted by molar-refractivity contribution is 5.98. The monoisotopic (exact) mass is 245 g/mol. The fraction of sp³-hybridized carbons (Fsp3) is 0.364. The topological polar surface area (TPSA) is 61.5 Å². The molecule has 94 valence electrons. The third kappa shape index (κ3) is 3.05. The van der Waals surface area contributed by atoms with Crippen molar-refractivity contribution >= 4 is 11.7 Å². The average molecular weight is 245 g/mol. The average Bonchev–Trinajstić information content (AvgIpc) is 2.28. The van der Waals surface area contributed by atoms with E-state index in [1.807, 2.05) is 0 Å². The number of aryl methyl sites for hydroxylation is 1. The van der Waals surface area contributed by atoms with E-state index in [0.717, 1.165) is 0 Å². The summed E-state index contributed by atoms with van der Waals surface area (Å²) < 4.78 is 33.6. The van der Waals surface area contributed by atoms with Crippen molar-refractivity contribution in [2.24, 2.45) is 0 Å². The smallest absolute Gasteiger partial charge is 0.343 e. The highest BCUT2D eigenvalue weighted by Crippen LogP contribution is 2.29. The summed E-state index contributed by atoms with van der Waals surface area (Å²) in [5.74, 6) is -0.674. The van der Waals surface area contributed by atoms with Gasteiger partial charge in [0.15, 0.2) is 0 Å². The van der Waals surface area contributed by atoms with Crippen LogP contribution in [0.2, 0.25) is 0 Å². The summed E-state index contributed by atoms with van der Waals surface area (Å²) in [6, 6.07) is 3.08. The van der Waals surface area contributed by atoms with Gasteiger partial charge in [0, 0.05) is 5.69 Å². The van der Waals surface area contributed by atoms with Gasteiger partial charge in [-0.15, -0.1) is 0 Å². The Morgan fingerprint density at radius 2 is 2.12 bits per heavy atom. The largest absolute Gasteiger partial charge is 0.486 e. The van der Waals surface area contributed by atoms with Crippen LogP contribution in [0.4, 0.5) is 14.5 Å². The minimum absolute atomic E-state index is 0.0202. The molecule has 0 bridgehead atoms. The standard InChI is InChI=1S/C11H13F2NO3/c1-6-3-4-7(14)9(11(15)16-2)10(6)17-5-8(12)13/h3-4,8H,5,14H2,1-2H3. The number of methoxy groups -OCH3 is 1. The molecule has 1 aromatic rings. The molecule has 0 radical (unpaired) electrons. The molecule has 1 rings (SSSR count). The molecular formula is C11H13F2NO3. The lowest BCUT2D eigenvalue weighted by Gasteiger charge is -2.14. The number of benzene rings is 1. The maximum atomic E-state index is 12.1. The van der Waals surface area contributed by atoms with Crippen molar-refractivity contribution in [3.05, 3.63) is 23.3 Å². The predicted molar refractivity (Wildman–Crippen MR) is 58.4 cm³/mol. The maximum absolute atomic E-state index is 12.1. The van der Waals surface area contributed by atoms with Crippen LogP contribution >= 0.6 is 0 Å². The number of esters is 1. The molecular weight excluding hydrogens is 232 g/mol. The molecule has 0 saturated heterocycles. The van der Waals surface area contributed by atoms with Crippen LogP contribution in [0.5, 0.6) is 5.75 Å². The predicted octanol–water partition coefficient (Wildman–Crippen LogP) is 2.01. The molecule has 0 atom stereocenters. The van der Waals surface area contributed by atoms with Gasteiger partial charge in [-0.1, -0.05) is 6.07 Å². The van der Waals surface area contributed by atoms with Crippen molar-refractivity contribution in [3.63, 3.8) is 0 Å². The first-order valence-corrected chi connectivity index (χ1v) is 4.85. The van der Waals surface area contributed by atoms with Crippen molar-refractivity contribution in [3.8, 4) is 5.75 Å². The number of rotatable bonds is 4. The van der Waals surface area contributed by atoms with Gasteiger partial charge in [0.05, 0.1) is 7.11 Å². The molecule has 0 heterocycles. The van der Waals surface area contributed by atoms with E-state index in [1.54, 1.807) is 13.0 Å². The van der Waals surface area contributed by atoms with E-state index < -0.39 is 19.0 Å². The Hall–Kier alpha value is -1.85. The zero-order valence-corrected chi connectivity index (χ0v) is 9.50. The van der Waals surface area contributed by atoms with E-state index in [9.17, 15) is 13.6 Å². The Morgan fingerprint density at radius 3 is 2.65 bits per heavy atom. The fourth-order valence-electron chi connectivity index (χ4n) is 1.35. The van der Waals surface area contributed by atoms with Gasteiger partial charge in [-0.25, -0.2) is 13.6 Å². The highest BCUT2D eigenvalue weighted by Gasteiger charge is 2.20. The van der Waals surface area contributed by atoms with Gasteiger partial charge in [0.2, 0.25) is 0 Å². The van der Waals surface area contributed by atoms with Crippen LogP contribution in [-0.2, 0) is 4.74 Å². The van der Waals surface area contributed by atoms with Crippen LogP contribution in [0.25, 0.3) is 0 Å². The summed E-state index contributed by atoms with van der Waals surface area (Å²) in [4.78, 5) is 11.5.